The molecule has 0 saturated carbocycles. The van der Waals surface area contributed by atoms with Crippen molar-refractivity contribution in [2.45, 2.75) is 0 Å². The molecule has 4 rings (SSSR count). The summed E-state index contributed by atoms with van der Waals surface area (Å²) in [4.78, 5) is 8.80. The normalized spacial score (nSPS) is 10.9. The molecule has 4 aromatic rings. The molecule has 0 aliphatic carbocycles. The van der Waals surface area contributed by atoms with Crippen LogP contribution in [0.2, 0.25) is 0 Å². The van der Waals surface area contributed by atoms with Crippen LogP contribution >= 0.6 is 0 Å². The van der Waals surface area contributed by atoms with E-state index in [0.29, 0.717) is 23.1 Å². The Morgan fingerprint density at radius 3 is 2.05 bits per heavy atom. The van der Waals surface area contributed by atoms with Crippen LogP contribution < -0.4 is 0 Å². The topological polar surface area (TPSA) is 64.7 Å². The number of benzene rings is 2. The summed E-state index contributed by atoms with van der Waals surface area (Å²) in [7, 11) is 0. The zero-order chi connectivity index (χ0) is 14.1. The largest absolute Gasteiger partial charge is 0.415 e. The predicted octanol–water partition coefficient (Wildman–Crippen LogP) is 3.35. The zero-order valence-corrected chi connectivity index (χ0v) is 11.0. The summed E-state index contributed by atoms with van der Waals surface area (Å²) < 4.78 is 5.60. The lowest BCUT2D eigenvalue weighted by atomic mass is 10.2. The second kappa shape index (κ2) is 4.79. The highest BCUT2D eigenvalue weighted by Gasteiger charge is 2.12. The Bertz CT molecular complexity index is 850. The molecule has 0 fully saturated rings. The van der Waals surface area contributed by atoms with Gasteiger partial charge in [-0.25, -0.2) is 4.98 Å². The molecule has 0 N–H and O–H groups in total. The third-order valence-electron chi connectivity index (χ3n) is 3.09. The summed E-state index contributed by atoms with van der Waals surface area (Å²) in [6, 6.07) is 19.3. The van der Waals surface area contributed by atoms with E-state index in [0.717, 1.165) is 11.1 Å². The fourth-order valence-corrected chi connectivity index (χ4v) is 2.07. The molecular formula is C16H10N4O. The van der Waals surface area contributed by atoms with Gasteiger partial charge in [-0.15, -0.1) is 10.2 Å². The number of oxazole rings is 1. The van der Waals surface area contributed by atoms with Gasteiger partial charge in [0.1, 0.15) is 0 Å². The first-order chi connectivity index (χ1) is 10.4. The van der Waals surface area contributed by atoms with Gasteiger partial charge >= 0.3 is 0 Å². The summed E-state index contributed by atoms with van der Waals surface area (Å²) in [5, 5.41) is 8.15. The first-order valence-electron chi connectivity index (χ1n) is 6.52. The summed E-state index contributed by atoms with van der Waals surface area (Å²) in [5.41, 5.74) is 2.59. The molecule has 100 valence electrons. The number of fused-ring (bicyclic) bond motifs is 1. The molecule has 2 aromatic carbocycles. The molecule has 0 atom stereocenters. The highest BCUT2D eigenvalue weighted by molar-refractivity contribution is 5.70. The van der Waals surface area contributed by atoms with Crippen molar-refractivity contribution in [3.63, 3.8) is 0 Å². The second-order valence-corrected chi connectivity index (χ2v) is 4.52. The van der Waals surface area contributed by atoms with Crippen LogP contribution in [0.3, 0.4) is 0 Å². The lowest BCUT2D eigenvalue weighted by molar-refractivity contribution is 0.601. The van der Waals surface area contributed by atoms with Gasteiger partial charge in [-0.2, -0.15) is 4.98 Å². The summed E-state index contributed by atoms with van der Waals surface area (Å²) in [6.07, 6.45) is 0. The SMILES string of the molecule is c1ccc(-c2nnc3oc(-c4ccccc4)nc3n2)cc1. The van der Waals surface area contributed by atoms with Crippen molar-refractivity contribution in [2.75, 3.05) is 0 Å². The Balaban J connectivity index is 1.82. The summed E-state index contributed by atoms with van der Waals surface area (Å²) >= 11 is 0. The van der Waals surface area contributed by atoms with Gasteiger partial charge in [-0.3, -0.25) is 0 Å². The van der Waals surface area contributed by atoms with E-state index in [2.05, 4.69) is 20.2 Å². The van der Waals surface area contributed by atoms with Gasteiger partial charge in [0.05, 0.1) is 0 Å². The van der Waals surface area contributed by atoms with E-state index < -0.39 is 0 Å². The number of nitrogens with zero attached hydrogens (tertiary/aromatic N) is 4. The maximum Gasteiger partial charge on any atom is 0.286 e. The monoisotopic (exact) mass is 274 g/mol. The first kappa shape index (κ1) is 11.7. The number of hydrogen-bond acceptors (Lipinski definition) is 5. The maximum atomic E-state index is 5.60. The highest BCUT2D eigenvalue weighted by Crippen LogP contribution is 2.22. The molecule has 0 radical (unpaired) electrons. The molecule has 2 heterocycles. The molecule has 2 aromatic heterocycles. The van der Waals surface area contributed by atoms with Crippen molar-refractivity contribution in [2.24, 2.45) is 0 Å². The molecule has 0 aliphatic rings. The molecule has 0 spiro atoms. The Kier molecular flexibility index (Phi) is 2.67. The van der Waals surface area contributed by atoms with Gasteiger partial charge in [-0.05, 0) is 12.1 Å². The van der Waals surface area contributed by atoms with Crippen molar-refractivity contribution in [3.8, 4) is 22.8 Å². The molecule has 5 nitrogen and oxygen atoms in total. The van der Waals surface area contributed by atoms with Crippen LogP contribution in [-0.4, -0.2) is 20.2 Å². The molecule has 0 aliphatic heterocycles. The standard InChI is InChI=1S/C16H10N4O/c1-3-7-11(8-4-1)13-17-14-16(20-19-13)21-15(18-14)12-9-5-2-6-10-12/h1-10H. The molecule has 0 bridgehead atoms. The molecular weight excluding hydrogens is 264 g/mol. The van der Waals surface area contributed by atoms with Crippen LogP contribution in [0.5, 0.6) is 0 Å². The van der Waals surface area contributed by atoms with Crippen LogP contribution in [0, 0.1) is 0 Å². The molecule has 0 saturated heterocycles. The van der Waals surface area contributed by atoms with Crippen LogP contribution in [0.15, 0.2) is 65.1 Å². The number of hydrogen-bond donors (Lipinski definition) is 0. The van der Waals surface area contributed by atoms with Crippen molar-refractivity contribution in [1.82, 2.24) is 20.2 Å². The summed E-state index contributed by atoms with van der Waals surface area (Å²) in [5.74, 6) is 1.04. The molecule has 21 heavy (non-hydrogen) atoms. The average molecular weight is 274 g/mol. The van der Waals surface area contributed by atoms with Gasteiger partial charge < -0.3 is 4.42 Å². The Morgan fingerprint density at radius 1 is 0.667 bits per heavy atom. The maximum absolute atomic E-state index is 5.60. The minimum atomic E-state index is 0.341. The Labute approximate surface area is 120 Å². The first-order valence-corrected chi connectivity index (χ1v) is 6.52. The van der Waals surface area contributed by atoms with Gasteiger partial charge in [0, 0.05) is 11.1 Å². The summed E-state index contributed by atoms with van der Waals surface area (Å²) in [6.45, 7) is 0. The molecule has 0 unspecified atom stereocenters. The second-order valence-electron chi connectivity index (χ2n) is 4.52. The van der Waals surface area contributed by atoms with Crippen molar-refractivity contribution in [1.29, 1.82) is 0 Å². The van der Waals surface area contributed by atoms with Crippen LogP contribution in [0.1, 0.15) is 0 Å². The number of aromatic nitrogens is 4. The van der Waals surface area contributed by atoms with E-state index in [9.17, 15) is 0 Å². The fraction of sp³-hybridized carbons (Fsp3) is 0. The van der Waals surface area contributed by atoms with Crippen LogP contribution in [-0.2, 0) is 0 Å². The van der Waals surface area contributed by atoms with Crippen molar-refractivity contribution in [3.05, 3.63) is 60.7 Å². The average Bonchev–Trinajstić information content (AvgIpc) is 2.99. The van der Waals surface area contributed by atoms with Gasteiger partial charge in [0.25, 0.3) is 5.71 Å². The van der Waals surface area contributed by atoms with E-state index in [1.54, 1.807) is 0 Å². The predicted molar refractivity (Wildman–Crippen MR) is 78.3 cm³/mol. The third-order valence-corrected chi connectivity index (χ3v) is 3.09. The van der Waals surface area contributed by atoms with E-state index >= 15 is 0 Å². The quantitative estimate of drug-likeness (QED) is 0.561. The van der Waals surface area contributed by atoms with Gasteiger partial charge in [0.15, 0.2) is 5.82 Å². The zero-order valence-electron chi connectivity index (χ0n) is 11.0. The van der Waals surface area contributed by atoms with E-state index in [4.69, 9.17) is 4.42 Å². The van der Waals surface area contributed by atoms with Crippen LogP contribution in [0.25, 0.3) is 34.2 Å². The third kappa shape index (κ3) is 2.14. The van der Waals surface area contributed by atoms with Crippen molar-refractivity contribution < 1.29 is 4.42 Å². The Morgan fingerprint density at radius 2 is 1.33 bits per heavy atom. The number of rotatable bonds is 2. The fourth-order valence-electron chi connectivity index (χ4n) is 2.07. The van der Waals surface area contributed by atoms with Crippen molar-refractivity contribution >= 4 is 11.4 Å². The minimum absolute atomic E-state index is 0.341. The Hall–Kier alpha value is -3.08. The van der Waals surface area contributed by atoms with Gasteiger partial charge in [-0.1, -0.05) is 48.5 Å². The molecule has 0 amide bonds. The van der Waals surface area contributed by atoms with E-state index in [1.807, 2.05) is 60.7 Å². The molecule has 5 heteroatoms. The highest BCUT2D eigenvalue weighted by atomic mass is 16.4. The minimum Gasteiger partial charge on any atom is -0.415 e. The van der Waals surface area contributed by atoms with Crippen LogP contribution in [0.4, 0.5) is 0 Å². The lowest BCUT2D eigenvalue weighted by Crippen LogP contribution is -1.92. The van der Waals surface area contributed by atoms with E-state index in [-0.39, 0.29) is 0 Å². The smallest absolute Gasteiger partial charge is 0.286 e. The lowest BCUT2D eigenvalue weighted by Gasteiger charge is -1.96. The van der Waals surface area contributed by atoms with Gasteiger partial charge in [0.2, 0.25) is 11.5 Å². The van der Waals surface area contributed by atoms with E-state index in [1.165, 1.54) is 0 Å².